The molecule has 2 heterocycles. The summed E-state index contributed by atoms with van der Waals surface area (Å²) in [6.07, 6.45) is 0.801. The van der Waals surface area contributed by atoms with Crippen LogP contribution < -0.4 is 15.0 Å². The summed E-state index contributed by atoms with van der Waals surface area (Å²) in [7, 11) is 1.62. The zero-order valence-electron chi connectivity index (χ0n) is 22.7. The predicted octanol–water partition coefficient (Wildman–Crippen LogP) is 5.92. The summed E-state index contributed by atoms with van der Waals surface area (Å²) in [5, 5.41) is 8.54. The van der Waals surface area contributed by atoms with Crippen molar-refractivity contribution in [3.63, 3.8) is 0 Å². The average Bonchev–Trinajstić information content (AvgIpc) is 3.22. The van der Waals surface area contributed by atoms with Gasteiger partial charge in [0, 0.05) is 22.0 Å². The SMILES string of the molecule is CC[C@@H](C)NC(=O)CN1C(=O)CS[C@@H](c2cccc(Cl)c2)c2c(C(C)(C)C)nn(-c3ccc(OC)cc3)c21. The second-order valence-corrected chi connectivity index (χ2v) is 12.1. The summed E-state index contributed by atoms with van der Waals surface area (Å²) in [5.41, 5.74) is 3.21. The third kappa shape index (κ3) is 5.86. The van der Waals surface area contributed by atoms with E-state index in [1.807, 2.05) is 62.4 Å². The molecule has 1 N–H and O–H groups in total. The molecule has 1 aliphatic heterocycles. The van der Waals surface area contributed by atoms with Crippen molar-refractivity contribution in [2.75, 3.05) is 24.3 Å². The average molecular weight is 555 g/mol. The number of ether oxygens (including phenoxy) is 1. The molecule has 3 aromatic rings. The van der Waals surface area contributed by atoms with Crippen LogP contribution in [0.4, 0.5) is 5.82 Å². The van der Waals surface area contributed by atoms with Gasteiger partial charge in [0.2, 0.25) is 11.8 Å². The summed E-state index contributed by atoms with van der Waals surface area (Å²) in [5.74, 6) is 1.20. The van der Waals surface area contributed by atoms with Gasteiger partial charge in [0.1, 0.15) is 18.1 Å². The van der Waals surface area contributed by atoms with Crippen LogP contribution in [0.5, 0.6) is 5.75 Å². The summed E-state index contributed by atoms with van der Waals surface area (Å²) in [6, 6.07) is 15.3. The van der Waals surface area contributed by atoms with E-state index in [9.17, 15) is 9.59 Å². The second-order valence-electron chi connectivity index (χ2n) is 10.5. The Bertz CT molecular complexity index is 1320. The van der Waals surface area contributed by atoms with E-state index in [1.165, 1.54) is 11.8 Å². The molecule has 0 unspecified atom stereocenters. The molecule has 2 atom stereocenters. The van der Waals surface area contributed by atoms with Crippen LogP contribution in [0.1, 0.15) is 63.1 Å². The molecule has 7 nitrogen and oxygen atoms in total. The molecule has 1 aliphatic rings. The Morgan fingerprint density at radius 2 is 1.95 bits per heavy atom. The van der Waals surface area contributed by atoms with E-state index in [2.05, 4.69) is 26.1 Å². The summed E-state index contributed by atoms with van der Waals surface area (Å²) >= 11 is 7.94. The van der Waals surface area contributed by atoms with Crippen LogP contribution in [0.2, 0.25) is 5.02 Å². The second kappa shape index (κ2) is 11.4. The highest BCUT2D eigenvalue weighted by molar-refractivity contribution is 8.00. The Morgan fingerprint density at radius 1 is 1.24 bits per heavy atom. The lowest BCUT2D eigenvalue weighted by molar-refractivity contribution is -0.123. The van der Waals surface area contributed by atoms with Gasteiger partial charge in [-0.1, -0.05) is 51.4 Å². The first-order chi connectivity index (χ1) is 18.0. The molecule has 0 fully saturated rings. The highest BCUT2D eigenvalue weighted by atomic mass is 35.5. The lowest BCUT2D eigenvalue weighted by atomic mass is 9.87. The van der Waals surface area contributed by atoms with Crippen molar-refractivity contribution < 1.29 is 14.3 Å². The zero-order chi connectivity index (χ0) is 27.6. The van der Waals surface area contributed by atoms with E-state index in [0.717, 1.165) is 34.7 Å². The first-order valence-electron chi connectivity index (χ1n) is 12.8. The number of nitrogens with zero attached hydrogens (tertiary/aromatic N) is 3. The number of carbonyl (C=O) groups is 2. The number of carbonyl (C=O) groups excluding carboxylic acids is 2. The van der Waals surface area contributed by atoms with E-state index < -0.39 is 0 Å². The van der Waals surface area contributed by atoms with Crippen LogP contribution in [-0.2, 0) is 15.0 Å². The number of amides is 2. The van der Waals surface area contributed by atoms with E-state index in [4.69, 9.17) is 21.4 Å². The number of fused-ring (bicyclic) bond motifs is 1. The fraction of sp³-hybridized carbons (Fsp3) is 0.414. The van der Waals surface area contributed by atoms with E-state index in [1.54, 1.807) is 16.7 Å². The Balaban J connectivity index is 1.98. The van der Waals surface area contributed by atoms with Crippen molar-refractivity contribution >= 4 is 41.0 Å². The predicted molar refractivity (Wildman–Crippen MR) is 155 cm³/mol. The molecule has 0 bridgehead atoms. The zero-order valence-corrected chi connectivity index (χ0v) is 24.3. The van der Waals surface area contributed by atoms with Crippen molar-refractivity contribution in [1.82, 2.24) is 15.1 Å². The Hall–Kier alpha value is -2.97. The summed E-state index contributed by atoms with van der Waals surface area (Å²) in [6.45, 7) is 10.2. The van der Waals surface area contributed by atoms with Crippen molar-refractivity contribution in [2.45, 2.75) is 57.7 Å². The minimum absolute atomic E-state index is 0.00858. The van der Waals surface area contributed by atoms with Crippen LogP contribution in [0.15, 0.2) is 48.5 Å². The summed E-state index contributed by atoms with van der Waals surface area (Å²) < 4.78 is 7.16. The van der Waals surface area contributed by atoms with E-state index >= 15 is 0 Å². The number of halogens is 1. The van der Waals surface area contributed by atoms with Crippen molar-refractivity contribution in [3.05, 3.63) is 70.4 Å². The largest absolute Gasteiger partial charge is 0.497 e. The highest BCUT2D eigenvalue weighted by Crippen LogP contribution is 2.48. The normalized spacial score (nSPS) is 16.6. The fourth-order valence-electron chi connectivity index (χ4n) is 4.48. The van der Waals surface area contributed by atoms with Gasteiger partial charge in [0.25, 0.3) is 0 Å². The van der Waals surface area contributed by atoms with Crippen LogP contribution >= 0.6 is 23.4 Å². The number of methoxy groups -OCH3 is 1. The third-order valence-electron chi connectivity index (χ3n) is 6.59. The molecule has 0 radical (unpaired) electrons. The molecule has 2 amide bonds. The molecular formula is C29H35ClN4O3S. The van der Waals surface area contributed by atoms with Gasteiger partial charge in [0.15, 0.2) is 0 Å². The van der Waals surface area contributed by atoms with E-state index in [-0.39, 0.29) is 40.8 Å². The van der Waals surface area contributed by atoms with Gasteiger partial charge in [-0.05, 0) is 55.3 Å². The maximum absolute atomic E-state index is 13.7. The smallest absolute Gasteiger partial charge is 0.240 e. The molecule has 38 heavy (non-hydrogen) atoms. The van der Waals surface area contributed by atoms with Crippen molar-refractivity contribution in [1.29, 1.82) is 0 Å². The monoisotopic (exact) mass is 554 g/mol. The number of nitrogens with one attached hydrogen (secondary N) is 1. The maximum Gasteiger partial charge on any atom is 0.240 e. The molecule has 2 aromatic carbocycles. The van der Waals surface area contributed by atoms with E-state index in [0.29, 0.717) is 10.8 Å². The molecule has 1 aromatic heterocycles. The lowest BCUT2D eigenvalue weighted by Gasteiger charge is -2.25. The van der Waals surface area contributed by atoms with Gasteiger partial charge in [-0.25, -0.2) is 4.68 Å². The van der Waals surface area contributed by atoms with Gasteiger partial charge in [-0.3, -0.25) is 14.5 Å². The number of aromatic nitrogens is 2. The molecule has 0 spiro atoms. The van der Waals surface area contributed by atoms with Gasteiger partial charge in [0.05, 0.1) is 29.5 Å². The van der Waals surface area contributed by atoms with Crippen LogP contribution in [0.25, 0.3) is 5.69 Å². The third-order valence-corrected chi connectivity index (χ3v) is 8.08. The standard InChI is InChI=1S/C29H35ClN4O3S/c1-7-18(2)31-23(35)16-33-24(36)17-38-26(19-9-8-10-20(30)15-19)25-27(29(3,4)5)32-34(28(25)33)21-11-13-22(37-6)14-12-21/h8-15,18,26H,7,16-17H2,1-6H3,(H,31,35)/t18-,26+/m1/s1. The molecule has 202 valence electrons. The molecule has 4 rings (SSSR count). The first-order valence-corrected chi connectivity index (χ1v) is 14.2. The van der Waals surface area contributed by atoms with Gasteiger partial charge in [-0.15, -0.1) is 11.8 Å². The molecular weight excluding hydrogens is 520 g/mol. The Morgan fingerprint density at radius 3 is 2.55 bits per heavy atom. The van der Waals surface area contributed by atoms with Crippen molar-refractivity contribution in [3.8, 4) is 11.4 Å². The molecule has 0 aliphatic carbocycles. The fourth-order valence-corrected chi connectivity index (χ4v) is 5.86. The van der Waals surface area contributed by atoms with Crippen LogP contribution in [-0.4, -0.2) is 47.0 Å². The number of benzene rings is 2. The maximum atomic E-state index is 13.7. The van der Waals surface area contributed by atoms with Crippen molar-refractivity contribution in [2.24, 2.45) is 0 Å². The number of thioether (sulfide) groups is 1. The molecule has 0 saturated heterocycles. The first kappa shape index (κ1) is 28.0. The van der Waals surface area contributed by atoms with Gasteiger partial charge < -0.3 is 10.1 Å². The minimum Gasteiger partial charge on any atom is -0.497 e. The topological polar surface area (TPSA) is 76.5 Å². The van der Waals surface area contributed by atoms with Gasteiger partial charge in [-0.2, -0.15) is 5.10 Å². The molecule has 0 saturated carbocycles. The quantitative estimate of drug-likeness (QED) is 0.392. The lowest BCUT2D eigenvalue weighted by Crippen LogP contribution is -2.44. The van der Waals surface area contributed by atoms with Crippen LogP contribution in [0, 0.1) is 0 Å². The van der Waals surface area contributed by atoms with Gasteiger partial charge >= 0.3 is 0 Å². The Kier molecular flexibility index (Phi) is 8.43. The molecule has 9 heteroatoms. The highest BCUT2D eigenvalue weighted by Gasteiger charge is 2.40. The Labute approximate surface area is 233 Å². The number of rotatable bonds is 7. The number of hydrogen-bond acceptors (Lipinski definition) is 5. The number of hydrogen-bond donors (Lipinski definition) is 1. The minimum atomic E-state index is -0.336. The summed E-state index contributed by atoms with van der Waals surface area (Å²) in [4.78, 5) is 28.4. The van der Waals surface area contributed by atoms with Crippen LogP contribution in [0.3, 0.4) is 0 Å². The number of anilines is 1.